The molecule has 1 heterocycles. The molecule has 0 radical (unpaired) electrons. The molecular formula is C20H17F2N3O4. The molecule has 0 spiro atoms. The van der Waals surface area contributed by atoms with Crippen LogP contribution in [0.2, 0.25) is 0 Å². The number of ether oxygens (including phenoxy) is 2. The number of hydrogen-bond donors (Lipinski definition) is 1. The van der Waals surface area contributed by atoms with Crippen molar-refractivity contribution in [2.24, 2.45) is 0 Å². The van der Waals surface area contributed by atoms with Gasteiger partial charge >= 0.3 is 0 Å². The molecule has 150 valence electrons. The van der Waals surface area contributed by atoms with Gasteiger partial charge < -0.3 is 9.47 Å². The summed E-state index contributed by atoms with van der Waals surface area (Å²) in [5, 5.41) is 0.168. The number of rotatable bonds is 5. The van der Waals surface area contributed by atoms with Gasteiger partial charge in [-0.15, -0.1) is 0 Å². The van der Waals surface area contributed by atoms with Crippen molar-refractivity contribution in [1.29, 1.82) is 0 Å². The van der Waals surface area contributed by atoms with Crippen LogP contribution >= 0.6 is 0 Å². The first-order valence-corrected chi connectivity index (χ1v) is 8.88. The Labute approximate surface area is 163 Å². The highest BCUT2D eigenvalue weighted by molar-refractivity contribution is 6.00. The van der Waals surface area contributed by atoms with Crippen LogP contribution in [0, 0.1) is 11.6 Å². The van der Waals surface area contributed by atoms with Gasteiger partial charge in [0.2, 0.25) is 0 Å². The van der Waals surface area contributed by atoms with Gasteiger partial charge in [-0.25, -0.2) is 18.4 Å². The summed E-state index contributed by atoms with van der Waals surface area (Å²) >= 11 is 0. The number of nitrogens with one attached hydrogen (secondary N) is 1. The van der Waals surface area contributed by atoms with Crippen molar-refractivity contribution in [2.75, 3.05) is 19.6 Å². The second-order valence-electron chi connectivity index (χ2n) is 6.65. The summed E-state index contributed by atoms with van der Waals surface area (Å²) in [5.74, 6) is -2.12. The van der Waals surface area contributed by atoms with Crippen molar-refractivity contribution in [3.63, 3.8) is 0 Å². The molecule has 1 fully saturated rings. The zero-order valence-electron chi connectivity index (χ0n) is 15.7. The number of carbonyl (C=O) groups excluding carboxylic acids is 1. The topological polar surface area (TPSA) is 82.5 Å². The first-order chi connectivity index (χ1) is 13.9. The molecular weight excluding hydrogens is 384 g/mol. The summed E-state index contributed by atoms with van der Waals surface area (Å²) in [7, 11) is 2.90. The predicted molar refractivity (Wildman–Crippen MR) is 101 cm³/mol. The van der Waals surface area contributed by atoms with Crippen LogP contribution in [0.15, 0.2) is 35.1 Å². The third-order valence-electron chi connectivity index (χ3n) is 4.75. The second-order valence-corrected chi connectivity index (χ2v) is 6.65. The summed E-state index contributed by atoms with van der Waals surface area (Å²) in [6.45, 7) is 0. The first kappa shape index (κ1) is 18.9. The second kappa shape index (κ2) is 7.16. The predicted octanol–water partition coefficient (Wildman–Crippen LogP) is 2.95. The molecule has 2 aromatic carbocycles. The van der Waals surface area contributed by atoms with Gasteiger partial charge in [-0.2, -0.15) is 0 Å². The fourth-order valence-corrected chi connectivity index (χ4v) is 3.13. The minimum absolute atomic E-state index is 0.0361. The summed E-state index contributed by atoms with van der Waals surface area (Å²) in [4.78, 5) is 30.1. The molecule has 7 nitrogen and oxygen atoms in total. The standard InChI is InChI=1S/C20H17F2N3O4/c1-28-15-8-11-14(9-16(15)29-2)23-18(10-6-7-10)25(20(11)27)24-19(26)17-12(21)4-3-5-13(17)22/h3-5,8-10H,6-7H2,1-2H3,(H,24,26). The maximum absolute atomic E-state index is 14.0. The number of hydrogen-bond acceptors (Lipinski definition) is 5. The van der Waals surface area contributed by atoms with Gasteiger partial charge in [-0.1, -0.05) is 6.07 Å². The van der Waals surface area contributed by atoms with E-state index in [1.165, 1.54) is 20.3 Å². The number of benzene rings is 2. The van der Waals surface area contributed by atoms with Gasteiger partial charge in [0, 0.05) is 12.0 Å². The molecule has 29 heavy (non-hydrogen) atoms. The third kappa shape index (κ3) is 3.28. The summed E-state index contributed by atoms with van der Waals surface area (Å²) < 4.78 is 39.4. The smallest absolute Gasteiger partial charge is 0.280 e. The van der Waals surface area contributed by atoms with E-state index in [1.807, 2.05) is 0 Å². The Morgan fingerprint density at radius 3 is 2.34 bits per heavy atom. The summed E-state index contributed by atoms with van der Waals surface area (Å²) in [5.41, 5.74) is 1.33. The van der Waals surface area contributed by atoms with Crippen molar-refractivity contribution >= 4 is 16.8 Å². The van der Waals surface area contributed by atoms with Gasteiger partial charge in [0.05, 0.1) is 25.1 Å². The third-order valence-corrected chi connectivity index (χ3v) is 4.75. The normalized spacial score (nSPS) is 13.4. The minimum atomic E-state index is -1.08. The van der Waals surface area contributed by atoms with Crippen molar-refractivity contribution in [2.45, 2.75) is 18.8 Å². The Bertz CT molecular complexity index is 1170. The molecule has 0 unspecified atom stereocenters. The van der Waals surface area contributed by atoms with Crippen LogP contribution in [0.4, 0.5) is 8.78 Å². The number of fused-ring (bicyclic) bond motifs is 1. The van der Waals surface area contributed by atoms with Crippen molar-refractivity contribution in [3.8, 4) is 11.5 Å². The van der Waals surface area contributed by atoms with E-state index in [-0.39, 0.29) is 11.3 Å². The average molecular weight is 401 g/mol. The fraction of sp³-hybridized carbons (Fsp3) is 0.250. The number of methoxy groups -OCH3 is 2. The van der Waals surface area contributed by atoms with E-state index in [2.05, 4.69) is 10.4 Å². The lowest BCUT2D eigenvalue weighted by atomic mass is 10.2. The van der Waals surface area contributed by atoms with E-state index in [9.17, 15) is 18.4 Å². The van der Waals surface area contributed by atoms with Gasteiger partial charge in [0.25, 0.3) is 11.5 Å². The Balaban J connectivity index is 1.87. The number of amides is 1. The van der Waals surface area contributed by atoms with Crippen LogP contribution in [0.5, 0.6) is 11.5 Å². The molecule has 0 atom stereocenters. The largest absolute Gasteiger partial charge is 0.493 e. The van der Waals surface area contributed by atoms with Crippen LogP contribution < -0.4 is 20.5 Å². The molecule has 1 N–H and O–H groups in total. The average Bonchev–Trinajstić information content (AvgIpc) is 3.54. The molecule has 0 bridgehead atoms. The highest BCUT2D eigenvalue weighted by Gasteiger charge is 2.31. The lowest BCUT2D eigenvalue weighted by molar-refractivity contribution is 0.0998. The summed E-state index contributed by atoms with van der Waals surface area (Å²) in [6.07, 6.45) is 1.57. The molecule has 1 aliphatic rings. The van der Waals surface area contributed by atoms with E-state index in [0.29, 0.717) is 22.8 Å². The van der Waals surface area contributed by atoms with E-state index >= 15 is 0 Å². The Morgan fingerprint density at radius 1 is 1.14 bits per heavy atom. The molecule has 1 aliphatic carbocycles. The van der Waals surface area contributed by atoms with Crippen molar-refractivity contribution in [3.05, 3.63) is 63.7 Å². The van der Waals surface area contributed by atoms with Crippen LogP contribution in [0.25, 0.3) is 10.9 Å². The molecule has 3 aromatic rings. The van der Waals surface area contributed by atoms with Gasteiger partial charge in [-0.3, -0.25) is 15.0 Å². The van der Waals surface area contributed by atoms with Crippen molar-refractivity contribution < 1.29 is 23.0 Å². The molecule has 9 heteroatoms. The van der Waals surface area contributed by atoms with E-state index in [4.69, 9.17) is 9.47 Å². The fourth-order valence-electron chi connectivity index (χ4n) is 3.13. The maximum Gasteiger partial charge on any atom is 0.280 e. The Morgan fingerprint density at radius 2 is 1.76 bits per heavy atom. The molecule has 4 rings (SSSR count). The van der Waals surface area contributed by atoms with Crippen LogP contribution in [-0.2, 0) is 0 Å². The van der Waals surface area contributed by atoms with Gasteiger partial charge in [0.1, 0.15) is 23.0 Å². The molecule has 0 aliphatic heterocycles. The molecule has 1 aromatic heterocycles. The highest BCUT2D eigenvalue weighted by atomic mass is 19.1. The lowest BCUT2D eigenvalue weighted by Gasteiger charge is -2.16. The minimum Gasteiger partial charge on any atom is -0.493 e. The first-order valence-electron chi connectivity index (χ1n) is 8.88. The van der Waals surface area contributed by atoms with Crippen LogP contribution in [0.3, 0.4) is 0 Å². The monoisotopic (exact) mass is 401 g/mol. The SMILES string of the molecule is COc1cc2nc(C3CC3)n(NC(=O)c3c(F)cccc3F)c(=O)c2cc1OC. The molecule has 1 saturated carbocycles. The molecule has 0 saturated heterocycles. The Kier molecular flexibility index (Phi) is 4.65. The van der Waals surface area contributed by atoms with Crippen LogP contribution in [0.1, 0.15) is 34.9 Å². The quantitative estimate of drug-likeness (QED) is 0.711. The molecule has 1 amide bonds. The Hall–Kier alpha value is -3.49. The zero-order chi connectivity index (χ0) is 20.7. The van der Waals surface area contributed by atoms with E-state index in [1.54, 1.807) is 6.07 Å². The van der Waals surface area contributed by atoms with Crippen LogP contribution in [-0.4, -0.2) is 29.8 Å². The summed E-state index contributed by atoms with van der Waals surface area (Å²) in [6, 6.07) is 6.12. The number of aromatic nitrogens is 2. The maximum atomic E-state index is 14.0. The highest BCUT2D eigenvalue weighted by Crippen LogP contribution is 2.39. The zero-order valence-corrected chi connectivity index (χ0v) is 15.7. The number of carbonyl (C=O) groups is 1. The van der Waals surface area contributed by atoms with Gasteiger partial charge in [0.15, 0.2) is 11.5 Å². The van der Waals surface area contributed by atoms with Crippen molar-refractivity contribution in [1.82, 2.24) is 9.66 Å². The number of halogens is 2. The number of nitrogens with zero attached hydrogens (tertiary/aromatic N) is 2. The van der Waals surface area contributed by atoms with E-state index in [0.717, 1.165) is 35.7 Å². The lowest BCUT2D eigenvalue weighted by Crippen LogP contribution is -2.37. The van der Waals surface area contributed by atoms with Gasteiger partial charge in [-0.05, 0) is 31.0 Å². The van der Waals surface area contributed by atoms with E-state index < -0.39 is 28.7 Å².